The zero-order chi connectivity index (χ0) is 18.8. The summed E-state index contributed by atoms with van der Waals surface area (Å²) < 4.78 is 20.6. The molecule has 6 nitrogen and oxygen atoms in total. The molecule has 0 atom stereocenters. The van der Waals surface area contributed by atoms with Crippen molar-refractivity contribution in [2.75, 3.05) is 12.4 Å². The second-order valence-corrected chi connectivity index (χ2v) is 6.85. The number of aryl methyl sites for hydroxylation is 1. The number of aromatic nitrogens is 3. The average molecular weight is 368 g/mol. The maximum absolute atomic E-state index is 13.7. The molecular weight excluding hydrogens is 347 g/mol. The van der Waals surface area contributed by atoms with Crippen molar-refractivity contribution in [1.29, 1.82) is 0 Å². The van der Waals surface area contributed by atoms with Gasteiger partial charge in [-0.1, -0.05) is 12.5 Å². The van der Waals surface area contributed by atoms with Crippen LogP contribution in [0.2, 0.25) is 0 Å². The first kappa shape index (κ1) is 17.5. The van der Waals surface area contributed by atoms with E-state index < -0.39 is 5.82 Å². The standard InChI is InChI=1S/C20H21FN4O2/c1-27-17-8-5-13(11-16(17)21)6-10-19(26)22-15-7-9-18-23-24-20(25(18)12-15)14-3-2-4-14/h5,7-9,11-12,14H,2-4,6,10H2,1H3,(H,22,26). The van der Waals surface area contributed by atoms with Crippen LogP contribution in [0.3, 0.4) is 0 Å². The number of hydrogen-bond donors (Lipinski definition) is 1. The second kappa shape index (κ2) is 7.34. The van der Waals surface area contributed by atoms with Gasteiger partial charge in [0.1, 0.15) is 5.82 Å². The van der Waals surface area contributed by atoms with Gasteiger partial charge >= 0.3 is 0 Å². The van der Waals surface area contributed by atoms with E-state index in [2.05, 4.69) is 15.5 Å². The molecule has 140 valence electrons. The van der Waals surface area contributed by atoms with Crippen molar-refractivity contribution in [3.05, 3.63) is 53.7 Å². The van der Waals surface area contributed by atoms with Gasteiger partial charge < -0.3 is 10.1 Å². The molecule has 0 radical (unpaired) electrons. The lowest BCUT2D eigenvalue weighted by Crippen LogP contribution is -2.14. The van der Waals surface area contributed by atoms with Crippen LogP contribution < -0.4 is 10.1 Å². The number of nitrogens with one attached hydrogen (secondary N) is 1. The van der Waals surface area contributed by atoms with Gasteiger partial charge in [0.25, 0.3) is 0 Å². The summed E-state index contributed by atoms with van der Waals surface area (Å²) in [5, 5.41) is 11.4. The van der Waals surface area contributed by atoms with Gasteiger partial charge in [-0.3, -0.25) is 9.20 Å². The van der Waals surface area contributed by atoms with E-state index in [9.17, 15) is 9.18 Å². The van der Waals surface area contributed by atoms with Crippen molar-refractivity contribution in [2.24, 2.45) is 0 Å². The molecule has 2 heterocycles. The van der Waals surface area contributed by atoms with E-state index in [-0.39, 0.29) is 18.1 Å². The Morgan fingerprint density at radius 3 is 2.85 bits per heavy atom. The number of benzene rings is 1. The number of pyridine rings is 1. The summed E-state index contributed by atoms with van der Waals surface area (Å²) in [7, 11) is 1.43. The number of ether oxygens (including phenoxy) is 1. The molecule has 0 saturated heterocycles. The predicted molar refractivity (Wildman–Crippen MR) is 99.5 cm³/mol. The van der Waals surface area contributed by atoms with Gasteiger partial charge in [0.05, 0.1) is 12.8 Å². The van der Waals surface area contributed by atoms with Crippen molar-refractivity contribution >= 4 is 17.2 Å². The van der Waals surface area contributed by atoms with Crippen molar-refractivity contribution in [3.63, 3.8) is 0 Å². The normalized spacial score (nSPS) is 14.1. The molecule has 0 spiro atoms. The minimum absolute atomic E-state index is 0.121. The van der Waals surface area contributed by atoms with E-state index in [0.717, 1.165) is 29.9 Å². The lowest BCUT2D eigenvalue weighted by atomic mass is 9.85. The van der Waals surface area contributed by atoms with E-state index in [4.69, 9.17) is 4.74 Å². The SMILES string of the molecule is COc1ccc(CCC(=O)Nc2ccc3nnc(C4CCC4)n3c2)cc1F. The Morgan fingerprint density at radius 2 is 2.15 bits per heavy atom. The van der Waals surface area contributed by atoms with Crippen LogP contribution in [0.4, 0.5) is 10.1 Å². The third-order valence-electron chi connectivity index (χ3n) is 5.04. The molecule has 1 aromatic carbocycles. The largest absolute Gasteiger partial charge is 0.494 e. The number of nitrogens with zero attached hydrogens (tertiary/aromatic N) is 3. The number of hydrogen-bond acceptors (Lipinski definition) is 4. The summed E-state index contributed by atoms with van der Waals surface area (Å²) in [5.41, 5.74) is 2.24. The zero-order valence-corrected chi connectivity index (χ0v) is 15.1. The highest BCUT2D eigenvalue weighted by Gasteiger charge is 2.24. The van der Waals surface area contributed by atoms with E-state index >= 15 is 0 Å². The van der Waals surface area contributed by atoms with Crippen molar-refractivity contribution in [2.45, 2.75) is 38.0 Å². The lowest BCUT2D eigenvalue weighted by Gasteiger charge is -2.23. The van der Waals surface area contributed by atoms with Crippen LogP contribution >= 0.6 is 0 Å². The third-order valence-corrected chi connectivity index (χ3v) is 5.04. The predicted octanol–water partition coefficient (Wildman–Crippen LogP) is 3.72. The highest BCUT2D eigenvalue weighted by molar-refractivity contribution is 5.90. The van der Waals surface area contributed by atoms with E-state index in [0.29, 0.717) is 18.0 Å². The molecule has 7 heteroatoms. The highest BCUT2D eigenvalue weighted by Crippen LogP contribution is 2.35. The number of fused-ring (bicyclic) bond motifs is 1. The molecule has 1 saturated carbocycles. The van der Waals surface area contributed by atoms with E-state index in [1.165, 1.54) is 19.6 Å². The van der Waals surface area contributed by atoms with Crippen molar-refractivity contribution in [3.8, 4) is 5.75 Å². The Bertz CT molecular complexity index is 981. The summed E-state index contributed by atoms with van der Waals surface area (Å²) in [6, 6.07) is 8.41. The van der Waals surface area contributed by atoms with Gasteiger partial charge in [-0.05, 0) is 49.1 Å². The number of methoxy groups -OCH3 is 1. The van der Waals surface area contributed by atoms with Crippen molar-refractivity contribution in [1.82, 2.24) is 14.6 Å². The van der Waals surface area contributed by atoms with E-state index in [1.807, 2.05) is 22.7 Å². The van der Waals surface area contributed by atoms with Crippen LogP contribution in [0.5, 0.6) is 5.75 Å². The van der Waals surface area contributed by atoms with Crippen LogP contribution in [0.1, 0.15) is 43.0 Å². The van der Waals surface area contributed by atoms with Gasteiger partial charge in [-0.2, -0.15) is 0 Å². The zero-order valence-electron chi connectivity index (χ0n) is 15.1. The molecule has 1 aliphatic rings. The van der Waals surface area contributed by atoms with Crippen LogP contribution in [0, 0.1) is 5.82 Å². The Labute approximate surface area is 156 Å². The Balaban J connectivity index is 1.41. The number of halogens is 1. The first-order valence-corrected chi connectivity index (χ1v) is 9.11. The first-order valence-electron chi connectivity index (χ1n) is 9.11. The molecule has 0 unspecified atom stereocenters. The second-order valence-electron chi connectivity index (χ2n) is 6.85. The smallest absolute Gasteiger partial charge is 0.224 e. The van der Waals surface area contributed by atoms with Crippen LogP contribution in [-0.4, -0.2) is 27.6 Å². The molecule has 4 rings (SSSR count). The molecule has 1 aliphatic carbocycles. The van der Waals surface area contributed by atoms with E-state index in [1.54, 1.807) is 12.1 Å². The molecule has 3 aromatic rings. The molecule has 0 bridgehead atoms. The van der Waals surface area contributed by atoms with Gasteiger partial charge in [0.2, 0.25) is 5.91 Å². The first-order chi connectivity index (χ1) is 13.1. The molecule has 1 fully saturated rings. The fourth-order valence-corrected chi connectivity index (χ4v) is 3.27. The van der Waals surface area contributed by atoms with Crippen molar-refractivity contribution < 1.29 is 13.9 Å². The minimum Gasteiger partial charge on any atom is -0.494 e. The number of anilines is 1. The summed E-state index contributed by atoms with van der Waals surface area (Å²) in [4.78, 5) is 12.3. The number of carbonyl (C=O) groups excluding carboxylic acids is 1. The molecule has 0 aliphatic heterocycles. The maximum Gasteiger partial charge on any atom is 0.224 e. The van der Waals surface area contributed by atoms with Gasteiger partial charge in [0, 0.05) is 18.5 Å². The van der Waals surface area contributed by atoms with Gasteiger partial charge in [-0.15, -0.1) is 10.2 Å². The summed E-state index contributed by atoms with van der Waals surface area (Å²) in [6.45, 7) is 0. The monoisotopic (exact) mass is 368 g/mol. The Hall–Kier alpha value is -2.96. The van der Waals surface area contributed by atoms with Crippen LogP contribution in [0.25, 0.3) is 5.65 Å². The Kier molecular flexibility index (Phi) is 4.75. The molecule has 1 N–H and O–H groups in total. The highest BCUT2D eigenvalue weighted by atomic mass is 19.1. The van der Waals surface area contributed by atoms with Crippen LogP contribution in [-0.2, 0) is 11.2 Å². The number of amides is 1. The minimum atomic E-state index is -0.419. The molecule has 1 amide bonds. The van der Waals surface area contributed by atoms with Gasteiger partial charge in [0.15, 0.2) is 17.2 Å². The lowest BCUT2D eigenvalue weighted by molar-refractivity contribution is -0.116. The summed E-state index contributed by atoms with van der Waals surface area (Å²) in [5.74, 6) is 1.07. The average Bonchev–Trinajstić information content (AvgIpc) is 3.02. The summed E-state index contributed by atoms with van der Waals surface area (Å²) in [6.07, 6.45) is 6.08. The fourth-order valence-electron chi connectivity index (χ4n) is 3.27. The Morgan fingerprint density at radius 1 is 1.30 bits per heavy atom. The number of rotatable bonds is 6. The molecule has 2 aromatic heterocycles. The molecular formula is C20H21FN4O2. The third kappa shape index (κ3) is 3.63. The topological polar surface area (TPSA) is 68.5 Å². The quantitative estimate of drug-likeness (QED) is 0.720. The van der Waals surface area contributed by atoms with Crippen LogP contribution in [0.15, 0.2) is 36.5 Å². The van der Waals surface area contributed by atoms with Gasteiger partial charge in [-0.25, -0.2) is 4.39 Å². The number of carbonyl (C=O) groups is 1. The summed E-state index contributed by atoms with van der Waals surface area (Å²) >= 11 is 0. The molecule has 27 heavy (non-hydrogen) atoms. The maximum atomic E-state index is 13.7. The fraction of sp³-hybridized carbons (Fsp3) is 0.350.